The average Bonchev–Trinajstić information content (AvgIpc) is 2.82. The maximum Gasteiger partial charge on any atom is 0.253 e. The van der Waals surface area contributed by atoms with Gasteiger partial charge in [-0.05, 0) is 45.0 Å². The number of hydrogen-bond donors (Lipinski definition) is 1. The van der Waals surface area contributed by atoms with Crippen molar-refractivity contribution in [2.75, 3.05) is 0 Å². The number of benzene rings is 1. The summed E-state index contributed by atoms with van der Waals surface area (Å²) in [5.41, 5.74) is 1.29. The molecule has 2 aromatic rings. The molecule has 0 aliphatic heterocycles. The number of carbonyl (C=O) groups is 1. The van der Waals surface area contributed by atoms with Crippen molar-refractivity contribution < 1.29 is 4.79 Å². The number of thiophene rings is 1. The molecular formula is C16H18N2OS. The fraction of sp³-hybridized carbons (Fsp3) is 0.250. The van der Waals surface area contributed by atoms with Gasteiger partial charge >= 0.3 is 0 Å². The molecule has 2 rings (SSSR count). The van der Waals surface area contributed by atoms with E-state index in [9.17, 15) is 4.79 Å². The van der Waals surface area contributed by atoms with E-state index in [1.165, 1.54) is 4.88 Å². The van der Waals surface area contributed by atoms with Gasteiger partial charge in [0.15, 0.2) is 0 Å². The number of carbonyl (C=O) groups excluding carboxylic acids is 1. The first-order chi connectivity index (χ1) is 9.56. The molecule has 0 aliphatic rings. The maximum atomic E-state index is 12.1. The van der Waals surface area contributed by atoms with Crippen LogP contribution in [0.3, 0.4) is 0 Å². The number of para-hydroxylation sites is 1. The van der Waals surface area contributed by atoms with Crippen molar-refractivity contribution in [3.8, 4) is 0 Å². The third-order valence-electron chi connectivity index (χ3n) is 2.66. The molecular weight excluding hydrogens is 268 g/mol. The summed E-state index contributed by atoms with van der Waals surface area (Å²) in [5.74, 6) is -0.0879. The Balaban J connectivity index is 2.24. The van der Waals surface area contributed by atoms with Crippen molar-refractivity contribution in [1.29, 1.82) is 0 Å². The van der Waals surface area contributed by atoms with Crippen LogP contribution >= 0.6 is 11.3 Å². The zero-order valence-corrected chi connectivity index (χ0v) is 12.7. The standard InChI is InChI=1S/C16H18N2OS/c1-11(2)18-16(19)14-6-4-5-7-15(14)17-10-13-9-8-12(3)20-13/h4-11H,1-3H3,(H,18,19). The fourth-order valence-electron chi connectivity index (χ4n) is 1.77. The normalized spacial score (nSPS) is 11.2. The molecule has 1 heterocycles. The van der Waals surface area contributed by atoms with Crippen LogP contribution in [-0.4, -0.2) is 18.2 Å². The molecule has 1 aromatic heterocycles. The van der Waals surface area contributed by atoms with Gasteiger partial charge in [0, 0.05) is 22.0 Å². The van der Waals surface area contributed by atoms with Gasteiger partial charge in [-0.1, -0.05) is 12.1 Å². The van der Waals surface area contributed by atoms with E-state index in [4.69, 9.17) is 0 Å². The van der Waals surface area contributed by atoms with E-state index in [0.29, 0.717) is 11.3 Å². The number of aryl methyl sites for hydroxylation is 1. The van der Waals surface area contributed by atoms with Gasteiger partial charge in [0.05, 0.1) is 11.3 Å². The number of amides is 1. The highest BCUT2D eigenvalue weighted by Crippen LogP contribution is 2.20. The van der Waals surface area contributed by atoms with Crippen LogP contribution in [0.1, 0.15) is 34.0 Å². The molecule has 0 radical (unpaired) electrons. The summed E-state index contributed by atoms with van der Waals surface area (Å²) in [6.45, 7) is 5.95. The van der Waals surface area contributed by atoms with Crippen LogP contribution in [0.15, 0.2) is 41.4 Å². The zero-order chi connectivity index (χ0) is 14.5. The SMILES string of the molecule is Cc1ccc(C=Nc2ccccc2C(=O)NC(C)C)s1. The van der Waals surface area contributed by atoms with E-state index < -0.39 is 0 Å². The Labute approximate surface area is 123 Å². The number of nitrogens with one attached hydrogen (secondary N) is 1. The van der Waals surface area contributed by atoms with Gasteiger partial charge in [-0.2, -0.15) is 0 Å². The van der Waals surface area contributed by atoms with Crippen LogP contribution < -0.4 is 5.32 Å². The first-order valence-electron chi connectivity index (χ1n) is 6.56. The zero-order valence-electron chi connectivity index (χ0n) is 11.9. The second-order valence-electron chi connectivity index (χ2n) is 4.85. The van der Waals surface area contributed by atoms with E-state index in [1.54, 1.807) is 23.6 Å². The molecule has 4 heteroatoms. The Hall–Kier alpha value is -1.94. The molecule has 0 unspecified atom stereocenters. The Morgan fingerprint density at radius 1 is 1.25 bits per heavy atom. The summed E-state index contributed by atoms with van der Waals surface area (Å²) in [6.07, 6.45) is 1.80. The van der Waals surface area contributed by atoms with Gasteiger partial charge in [0.1, 0.15) is 0 Å². The number of aliphatic imine (C=N–C) groups is 1. The molecule has 1 N–H and O–H groups in total. The predicted octanol–water partition coefficient (Wildman–Crippen LogP) is 3.95. The highest BCUT2D eigenvalue weighted by Gasteiger charge is 2.10. The molecule has 0 aliphatic carbocycles. The summed E-state index contributed by atoms with van der Waals surface area (Å²) in [7, 11) is 0. The molecule has 0 fully saturated rings. The highest BCUT2D eigenvalue weighted by atomic mass is 32.1. The van der Waals surface area contributed by atoms with Crippen molar-refractivity contribution >= 4 is 29.1 Å². The van der Waals surface area contributed by atoms with Gasteiger partial charge in [-0.3, -0.25) is 9.79 Å². The van der Waals surface area contributed by atoms with Crippen LogP contribution in [0.25, 0.3) is 0 Å². The van der Waals surface area contributed by atoms with E-state index in [-0.39, 0.29) is 11.9 Å². The largest absolute Gasteiger partial charge is 0.350 e. The van der Waals surface area contributed by atoms with E-state index in [0.717, 1.165) is 4.88 Å². The van der Waals surface area contributed by atoms with Crippen molar-refractivity contribution in [2.24, 2.45) is 4.99 Å². The van der Waals surface area contributed by atoms with Crippen molar-refractivity contribution in [1.82, 2.24) is 5.32 Å². The van der Waals surface area contributed by atoms with Gasteiger partial charge in [0.25, 0.3) is 5.91 Å². The topological polar surface area (TPSA) is 41.5 Å². The Kier molecular flexibility index (Phi) is 4.69. The summed E-state index contributed by atoms with van der Waals surface area (Å²) >= 11 is 1.68. The van der Waals surface area contributed by atoms with Gasteiger partial charge < -0.3 is 5.32 Å². The third kappa shape index (κ3) is 3.78. The Bertz CT molecular complexity index is 629. The molecule has 0 saturated heterocycles. The van der Waals surface area contributed by atoms with E-state index in [2.05, 4.69) is 23.3 Å². The predicted molar refractivity (Wildman–Crippen MR) is 85.4 cm³/mol. The molecule has 0 bridgehead atoms. The average molecular weight is 286 g/mol. The highest BCUT2D eigenvalue weighted by molar-refractivity contribution is 7.13. The van der Waals surface area contributed by atoms with Crippen LogP contribution in [0.4, 0.5) is 5.69 Å². The van der Waals surface area contributed by atoms with Crippen LogP contribution in [0.5, 0.6) is 0 Å². The Morgan fingerprint density at radius 2 is 2.00 bits per heavy atom. The molecule has 3 nitrogen and oxygen atoms in total. The molecule has 104 valence electrons. The minimum atomic E-state index is -0.0879. The van der Waals surface area contributed by atoms with Gasteiger partial charge in [-0.15, -0.1) is 11.3 Å². The summed E-state index contributed by atoms with van der Waals surface area (Å²) < 4.78 is 0. The lowest BCUT2D eigenvalue weighted by atomic mass is 10.1. The monoisotopic (exact) mass is 286 g/mol. The number of rotatable bonds is 4. The molecule has 0 atom stereocenters. The molecule has 1 amide bonds. The minimum Gasteiger partial charge on any atom is -0.350 e. The maximum absolute atomic E-state index is 12.1. The molecule has 0 spiro atoms. The number of hydrogen-bond acceptors (Lipinski definition) is 3. The van der Waals surface area contributed by atoms with Crippen molar-refractivity contribution in [3.63, 3.8) is 0 Å². The molecule has 0 saturated carbocycles. The van der Waals surface area contributed by atoms with Gasteiger partial charge in [0.2, 0.25) is 0 Å². The first-order valence-corrected chi connectivity index (χ1v) is 7.38. The molecule has 20 heavy (non-hydrogen) atoms. The first kappa shape index (κ1) is 14.5. The summed E-state index contributed by atoms with van der Waals surface area (Å²) in [6, 6.07) is 11.6. The van der Waals surface area contributed by atoms with Crippen LogP contribution in [-0.2, 0) is 0 Å². The van der Waals surface area contributed by atoms with Gasteiger partial charge in [-0.25, -0.2) is 0 Å². The van der Waals surface area contributed by atoms with Crippen LogP contribution in [0, 0.1) is 6.92 Å². The minimum absolute atomic E-state index is 0.0879. The quantitative estimate of drug-likeness (QED) is 0.850. The second-order valence-corrected chi connectivity index (χ2v) is 6.17. The van der Waals surface area contributed by atoms with Crippen molar-refractivity contribution in [3.05, 3.63) is 51.7 Å². The Morgan fingerprint density at radius 3 is 2.65 bits per heavy atom. The smallest absolute Gasteiger partial charge is 0.253 e. The second kappa shape index (κ2) is 6.48. The van der Waals surface area contributed by atoms with E-state index >= 15 is 0 Å². The van der Waals surface area contributed by atoms with E-state index in [1.807, 2.05) is 38.1 Å². The summed E-state index contributed by atoms with van der Waals surface area (Å²) in [4.78, 5) is 18.9. The van der Waals surface area contributed by atoms with Crippen molar-refractivity contribution in [2.45, 2.75) is 26.8 Å². The summed E-state index contributed by atoms with van der Waals surface area (Å²) in [5, 5.41) is 2.89. The van der Waals surface area contributed by atoms with Crippen LogP contribution in [0.2, 0.25) is 0 Å². The third-order valence-corrected chi connectivity index (χ3v) is 3.60. The lowest BCUT2D eigenvalue weighted by Gasteiger charge is -2.09. The lowest BCUT2D eigenvalue weighted by molar-refractivity contribution is 0.0944. The lowest BCUT2D eigenvalue weighted by Crippen LogP contribution is -2.30. The molecule has 1 aromatic carbocycles. The fourth-order valence-corrected chi connectivity index (χ4v) is 2.52. The number of nitrogens with zero attached hydrogens (tertiary/aromatic N) is 1.